The van der Waals surface area contributed by atoms with Gasteiger partial charge in [-0.2, -0.15) is 0 Å². The Bertz CT molecular complexity index is 504. The highest BCUT2D eigenvalue weighted by molar-refractivity contribution is 7.72. The van der Waals surface area contributed by atoms with Crippen molar-refractivity contribution < 1.29 is 33.8 Å². The van der Waals surface area contributed by atoms with Gasteiger partial charge < -0.3 is 24.7 Å². The van der Waals surface area contributed by atoms with Gasteiger partial charge in [-0.1, -0.05) is 0 Å². The molecule has 114 valence electrons. The number of aryl methyl sites for hydroxylation is 1. The van der Waals surface area contributed by atoms with E-state index in [-0.39, 0.29) is 6.42 Å². The summed E-state index contributed by atoms with van der Waals surface area (Å²) in [5, 5.41) is 6.29. The first kappa shape index (κ1) is 17.4. The van der Waals surface area contributed by atoms with Crippen molar-refractivity contribution in [1.82, 2.24) is 9.97 Å². The Morgan fingerprint density at radius 2 is 1.50 bits per heavy atom. The molecule has 0 unspecified atom stereocenters. The van der Waals surface area contributed by atoms with E-state index in [2.05, 4.69) is 9.97 Å². The normalized spacial score (nSPS) is 13.4. The summed E-state index contributed by atoms with van der Waals surface area (Å²) >= 11 is 0. The van der Waals surface area contributed by atoms with Crippen molar-refractivity contribution in [3.8, 4) is 0 Å². The first-order chi connectivity index (χ1) is 9.08. The molecule has 0 saturated carbocycles. The predicted molar refractivity (Wildman–Crippen MR) is 68.6 cm³/mol. The molecule has 0 radical (unpaired) electrons. The second-order valence-corrected chi connectivity index (χ2v) is 8.24. The van der Waals surface area contributed by atoms with Gasteiger partial charge in [0.1, 0.15) is 5.82 Å². The number of unbranched alkanes of at least 4 members (excludes halogenated alkanes) is 1. The lowest BCUT2D eigenvalue weighted by Gasteiger charge is -2.29. The Morgan fingerprint density at radius 1 is 1.00 bits per heavy atom. The van der Waals surface area contributed by atoms with Gasteiger partial charge in [-0.05, 0) is 25.3 Å². The van der Waals surface area contributed by atoms with Gasteiger partial charge in [-0.3, -0.25) is 9.13 Å². The second-order valence-electron chi connectivity index (χ2n) is 4.23. The molecule has 0 saturated heterocycles. The third-order valence-corrected chi connectivity index (χ3v) is 6.59. The molecule has 1 aromatic rings. The molecule has 11 heteroatoms. The predicted octanol–water partition coefficient (Wildman–Crippen LogP) is 0.191. The highest BCUT2D eigenvalue weighted by Gasteiger charge is 2.58. The van der Waals surface area contributed by atoms with E-state index in [1.165, 1.54) is 12.4 Å². The van der Waals surface area contributed by atoms with Crippen LogP contribution in [0.15, 0.2) is 18.5 Å². The summed E-state index contributed by atoms with van der Waals surface area (Å²) < 4.78 is 22.2. The molecular formula is C9H16N2O7P2. The molecule has 0 atom stereocenters. The van der Waals surface area contributed by atoms with Crippen LogP contribution in [0.4, 0.5) is 0 Å². The zero-order chi connectivity index (χ0) is 15.4. The third kappa shape index (κ3) is 4.17. The molecular weight excluding hydrogens is 310 g/mol. The monoisotopic (exact) mass is 326 g/mol. The summed E-state index contributed by atoms with van der Waals surface area (Å²) in [6.45, 7) is 0. The van der Waals surface area contributed by atoms with E-state index in [1.807, 2.05) is 0 Å². The quantitative estimate of drug-likeness (QED) is 0.348. The van der Waals surface area contributed by atoms with Gasteiger partial charge in [0, 0.05) is 18.8 Å². The maximum absolute atomic E-state index is 11.1. The lowest BCUT2D eigenvalue weighted by Crippen LogP contribution is -2.28. The first-order valence-electron chi connectivity index (χ1n) is 5.67. The van der Waals surface area contributed by atoms with Gasteiger partial charge in [0.05, 0.1) is 0 Å². The summed E-state index contributed by atoms with van der Waals surface area (Å²) in [4.78, 5) is 43.6. The second kappa shape index (κ2) is 6.41. The average molecular weight is 326 g/mol. The molecule has 0 fully saturated rings. The number of aromatic nitrogens is 2. The molecule has 1 rings (SSSR count). The smallest absolute Gasteiger partial charge is 0.368 e. The van der Waals surface area contributed by atoms with Gasteiger partial charge >= 0.3 is 15.2 Å². The van der Waals surface area contributed by atoms with Crippen LogP contribution >= 0.6 is 15.2 Å². The highest BCUT2D eigenvalue weighted by atomic mass is 31.2. The van der Waals surface area contributed by atoms with Crippen LogP contribution in [0.1, 0.15) is 25.1 Å². The van der Waals surface area contributed by atoms with Crippen molar-refractivity contribution in [1.29, 1.82) is 0 Å². The van der Waals surface area contributed by atoms with E-state index in [0.717, 1.165) is 0 Å². The Hall–Kier alpha value is -0.660. The maximum Gasteiger partial charge on any atom is 0.369 e. The van der Waals surface area contributed by atoms with Gasteiger partial charge in [-0.25, -0.2) is 9.97 Å². The minimum absolute atomic E-state index is 0.00493. The van der Waals surface area contributed by atoms with Crippen LogP contribution in [-0.4, -0.2) is 39.7 Å². The fraction of sp³-hybridized carbons (Fsp3) is 0.556. The molecule has 1 heterocycles. The van der Waals surface area contributed by atoms with Gasteiger partial charge in [0.25, 0.3) is 5.08 Å². The summed E-state index contributed by atoms with van der Waals surface area (Å²) in [7, 11) is -10.7. The molecule has 0 aromatic carbocycles. The van der Waals surface area contributed by atoms with E-state index in [1.54, 1.807) is 6.07 Å². The van der Waals surface area contributed by atoms with E-state index in [4.69, 9.17) is 19.6 Å². The minimum Gasteiger partial charge on any atom is -0.368 e. The zero-order valence-electron chi connectivity index (χ0n) is 10.4. The molecule has 0 spiro atoms. The Labute approximate surface area is 115 Å². The zero-order valence-corrected chi connectivity index (χ0v) is 12.2. The topological polar surface area (TPSA) is 161 Å². The van der Waals surface area contributed by atoms with Crippen LogP contribution in [0.2, 0.25) is 0 Å². The standard InChI is InChI=1S/C9H16N2O7P2/c12-9(19(13,14)15,20(16,17)18)5-2-1-4-8-10-6-3-7-11-8/h3,6-7,12H,1-2,4-5H2,(H2,13,14,15)(H2,16,17,18). The largest absolute Gasteiger partial charge is 0.369 e. The molecule has 0 aliphatic carbocycles. The maximum atomic E-state index is 11.1. The summed E-state index contributed by atoms with van der Waals surface area (Å²) in [5.41, 5.74) is 0. The molecule has 0 aliphatic rings. The molecule has 0 aliphatic heterocycles. The highest BCUT2D eigenvalue weighted by Crippen LogP contribution is 2.69. The van der Waals surface area contributed by atoms with Gasteiger partial charge in [0.15, 0.2) is 0 Å². The van der Waals surface area contributed by atoms with Crippen molar-refractivity contribution in [2.45, 2.75) is 30.8 Å². The molecule has 0 amide bonds. The van der Waals surface area contributed by atoms with Crippen LogP contribution < -0.4 is 0 Å². The number of rotatable bonds is 7. The van der Waals surface area contributed by atoms with Gasteiger partial charge in [-0.15, -0.1) is 0 Å². The molecule has 0 bridgehead atoms. The molecule has 5 N–H and O–H groups in total. The number of nitrogens with zero attached hydrogens (tertiary/aromatic N) is 2. The Balaban J connectivity index is 2.62. The van der Waals surface area contributed by atoms with Gasteiger partial charge in [0.2, 0.25) is 0 Å². The van der Waals surface area contributed by atoms with Crippen LogP contribution in [-0.2, 0) is 15.6 Å². The lowest BCUT2D eigenvalue weighted by atomic mass is 10.2. The van der Waals surface area contributed by atoms with E-state index < -0.39 is 26.7 Å². The van der Waals surface area contributed by atoms with E-state index >= 15 is 0 Å². The number of hydrogen-bond donors (Lipinski definition) is 5. The van der Waals surface area contributed by atoms with Crippen LogP contribution in [0.5, 0.6) is 0 Å². The average Bonchev–Trinajstić information content (AvgIpc) is 2.33. The fourth-order valence-corrected chi connectivity index (χ4v) is 3.82. The summed E-state index contributed by atoms with van der Waals surface area (Å²) in [6, 6.07) is 1.63. The Morgan fingerprint density at radius 3 is 1.95 bits per heavy atom. The van der Waals surface area contributed by atoms with Crippen molar-refractivity contribution in [2.24, 2.45) is 0 Å². The van der Waals surface area contributed by atoms with Crippen molar-refractivity contribution in [3.05, 3.63) is 24.3 Å². The Kier molecular flexibility index (Phi) is 5.57. The van der Waals surface area contributed by atoms with E-state index in [0.29, 0.717) is 18.7 Å². The van der Waals surface area contributed by atoms with Crippen molar-refractivity contribution in [3.63, 3.8) is 0 Å². The lowest BCUT2D eigenvalue weighted by molar-refractivity contribution is 0.120. The van der Waals surface area contributed by atoms with Crippen molar-refractivity contribution in [2.75, 3.05) is 0 Å². The first-order valence-corrected chi connectivity index (χ1v) is 8.90. The van der Waals surface area contributed by atoms with Crippen LogP contribution in [0.25, 0.3) is 0 Å². The van der Waals surface area contributed by atoms with Crippen LogP contribution in [0.3, 0.4) is 0 Å². The number of hydrogen-bond acceptors (Lipinski definition) is 5. The third-order valence-electron chi connectivity index (χ3n) is 2.71. The molecule has 20 heavy (non-hydrogen) atoms. The SMILES string of the molecule is O=P(O)(O)C(O)(CCCCc1ncccn1)P(=O)(O)O. The van der Waals surface area contributed by atoms with E-state index in [9.17, 15) is 14.2 Å². The van der Waals surface area contributed by atoms with Crippen molar-refractivity contribution >= 4 is 15.2 Å². The fourth-order valence-electron chi connectivity index (χ4n) is 1.57. The summed E-state index contributed by atoms with van der Waals surface area (Å²) in [6.07, 6.45) is 3.05. The molecule has 1 aromatic heterocycles. The summed E-state index contributed by atoms with van der Waals surface area (Å²) in [5.74, 6) is 0.503. The minimum atomic E-state index is -5.36. The molecule has 9 nitrogen and oxygen atoms in total. The number of aliphatic hydroxyl groups is 1. The van der Waals surface area contributed by atoms with Crippen LogP contribution in [0, 0.1) is 0 Å².